The number of nitrogens with zero attached hydrogens (tertiary/aromatic N) is 1. The molecule has 0 bridgehead atoms. The predicted octanol–water partition coefficient (Wildman–Crippen LogP) is 3.71. The number of aryl methyl sites for hydroxylation is 1. The van der Waals surface area contributed by atoms with E-state index in [0.717, 1.165) is 12.0 Å². The Bertz CT molecular complexity index is 630. The lowest BCUT2D eigenvalue weighted by atomic mass is 10.0. The SMILES string of the molecule is Cc1nc(-c2ccc(CC(C)C)cc2)[nH]c(=O)c1Br. The maximum absolute atomic E-state index is 11.7. The Morgan fingerprint density at radius 3 is 2.42 bits per heavy atom. The molecular formula is C15H17BrN2O. The molecular weight excluding hydrogens is 304 g/mol. The summed E-state index contributed by atoms with van der Waals surface area (Å²) in [4.78, 5) is 18.9. The minimum atomic E-state index is -0.145. The molecule has 1 N–H and O–H groups in total. The summed E-state index contributed by atoms with van der Waals surface area (Å²) in [5, 5.41) is 0. The van der Waals surface area contributed by atoms with E-state index in [0.29, 0.717) is 21.9 Å². The number of benzene rings is 1. The molecule has 4 heteroatoms. The fraction of sp³-hybridized carbons (Fsp3) is 0.333. The Morgan fingerprint density at radius 2 is 1.89 bits per heavy atom. The van der Waals surface area contributed by atoms with E-state index in [-0.39, 0.29) is 5.56 Å². The maximum atomic E-state index is 11.7. The van der Waals surface area contributed by atoms with E-state index in [2.05, 4.69) is 51.9 Å². The van der Waals surface area contributed by atoms with E-state index in [9.17, 15) is 4.79 Å². The molecule has 3 nitrogen and oxygen atoms in total. The highest BCUT2D eigenvalue weighted by atomic mass is 79.9. The van der Waals surface area contributed by atoms with Crippen LogP contribution in [-0.4, -0.2) is 9.97 Å². The number of nitrogens with one attached hydrogen (secondary N) is 1. The topological polar surface area (TPSA) is 45.8 Å². The summed E-state index contributed by atoms with van der Waals surface area (Å²) in [5.41, 5.74) is 2.79. The quantitative estimate of drug-likeness (QED) is 0.937. The van der Waals surface area contributed by atoms with Gasteiger partial charge < -0.3 is 4.98 Å². The van der Waals surface area contributed by atoms with Gasteiger partial charge in [-0.25, -0.2) is 4.98 Å². The van der Waals surface area contributed by atoms with Crippen molar-refractivity contribution in [1.29, 1.82) is 0 Å². The van der Waals surface area contributed by atoms with Crippen molar-refractivity contribution in [1.82, 2.24) is 9.97 Å². The lowest BCUT2D eigenvalue weighted by Gasteiger charge is -2.07. The summed E-state index contributed by atoms with van der Waals surface area (Å²) in [6.45, 7) is 6.21. The normalized spacial score (nSPS) is 11.0. The minimum Gasteiger partial charge on any atom is -0.306 e. The van der Waals surface area contributed by atoms with Crippen molar-refractivity contribution in [3.8, 4) is 11.4 Å². The lowest BCUT2D eigenvalue weighted by Crippen LogP contribution is -2.11. The molecule has 0 fully saturated rings. The number of halogens is 1. The molecule has 0 aliphatic rings. The Balaban J connectivity index is 2.35. The summed E-state index contributed by atoms with van der Waals surface area (Å²) in [5.74, 6) is 1.25. The monoisotopic (exact) mass is 320 g/mol. The number of hydrogen-bond acceptors (Lipinski definition) is 2. The first-order valence-electron chi connectivity index (χ1n) is 6.33. The van der Waals surface area contributed by atoms with E-state index in [1.807, 2.05) is 19.1 Å². The van der Waals surface area contributed by atoms with Crippen LogP contribution < -0.4 is 5.56 Å². The van der Waals surface area contributed by atoms with Gasteiger partial charge in [0, 0.05) is 5.56 Å². The fourth-order valence-electron chi connectivity index (χ4n) is 1.98. The summed E-state index contributed by atoms with van der Waals surface area (Å²) in [7, 11) is 0. The molecule has 0 radical (unpaired) electrons. The van der Waals surface area contributed by atoms with Gasteiger partial charge in [-0.1, -0.05) is 38.1 Å². The Hall–Kier alpha value is -1.42. The second-order valence-corrected chi connectivity index (χ2v) is 5.90. The largest absolute Gasteiger partial charge is 0.306 e. The van der Waals surface area contributed by atoms with Crippen LogP contribution in [0.1, 0.15) is 25.1 Å². The van der Waals surface area contributed by atoms with E-state index in [1.54, 1.807) is 0 Å². The highest BCUT2D eigenvalue weighted by Gasteiger charge is 2.07. The zero-order valence-corrected chi connectivity index (χ0v) is 12.9. The van der Waals surface area contributed by atoms with Crippen LogP contribution in [-0.2, 0) is 6.42 Å². The van der Waals surface area contributed by atoms with Crippen molar-refractivity contribution in [2.45, 2.75) is 27.2 Å². The molecule has 0 amide bonds. The van der Waals surface area contributed by atoms with Gasteiger partial charge in [0.1, 0.15) is 10.3 Å². The van der Waals surface area contributed by atoms with Gasteiger partial charge in [0.2, 0.25) is 0 Å². The van der Waals surface area contributed by atoms with Crippen LogP contribution in [0.4, 0.5) is 0 Å². The van der Waals surface area contributed by atoms with Crippen LogP contribution in [0.5, 0.6) is 0 Å². The molecule has 0 unspecified atom stereocenters. The van der Waals surface area contributed by atoms with Crippen LogP contribution in [0, 0.1) is 12.8 Å². The van der Waals surface area contributed by atoms with Crippen molar-refractivity contribution >= 4 is 15.9 Å². The minimum absolute atomic E-state index is 0.145. The van der Waals surface area contributed by atoms with Crippen molar-refractivity contribution < 1.29 is 0 Å². The number of aromatic nitrogens is 2. The summed E-state index contributed by atoms with van der Waals surface area (Å²) in [6.07, 6.45) is 1.06. The van der Waals surface area contributed by atoms with E-state index < -0.39 is 0 Å². The van der Waals surface area contributed by atoms with Crippen LogP contribution in [0.2, 0.25) is 0 Å². The van der Waals surface area contributed by atoms with E-state index >= 15 is 0 Å². The zero-order valence-electron chi connectivity index (χ0n) is 11.3. The first-order chi connectivity index (χ1) is 8.97. The number of hydrogen-bond donors (Lipinski definition) is 1. The third-order valence-electron chi connectivity index (χ3n) is 2.90. The number of aromatic amines is 1. The van der Waals surface area contributed by atoms with Crippen molar-refractivity contribution in [3.63, 3.8) is 0 Å². The fourth-order valence-corrected chi connectivity index (χ4v) is 2.17. The smallest absolute Gasteiger partial charge is 0.265 e. The maximum Gasteiger partial charge on any atom is 0.265 e. The molecule has 2 rings (SSSR count). The Kier molecular flexibility index (Phi) is 4.20. The molecule has 0 aliphatic carbocycles. The van der Waals surface area contributed by atoms with Gasteiger partial charge in [0.15, 0.2) is 0 Å². The van der Waals surface area contributed by atoms with Crippen molar-refractivity contribution in [3.05, 3.63) is 50.3 Å². The van der Waals surface area contributed by atoms with Gasteiger partial charge >= 0.3 is 0 Å². The second kappa shape index (κ2) is 5.70. The average molecular weight is 321 g/mol. The molecule has 1 heterocycles. The molecule has 100 valence electrons. The van der Waals surface area contributed by atoms with Gasteiger partial charge in [-0.3, -0.25) is 4.79 Å². The van der Waals surface area contributed by atoms with Gasteiger partial charge in [0.05, 0.1) is 5.69 Å². The highest BCUT2D eigenvalue weighted by Crippen LogP contribution is 2.18. The van der Waals surface area contributed by atoms with Crippen LogP contribution >= 0.6 is 15.9 Å². The van der Waals surface area contributed by atoms with E-state index in [1.165, 1.54) is 5.56 Å². The Labute approximate surface area is 121 Å². The van der Waals surface area contributed by atoms with Gasteiger partial charge in [-0.2, -0.15) is 0 Å². The second-order valence-electron chi connectivity index (χ2n) is 5.11. The zero-order chi connectivity index (χ0) is 14.0. The summed E-state index contributed by atoms with van der Waals surface area (Å²) in [6, 6.07) is 8.19. The van der Waals surface area contributed by atoms with Crippen LogP contribution in [0.25, 0.3) is 11.4 Å². The summed E-state index contributed by atoms with van der Waals surface area (Å²) < 4.78 is 0.493. The Morgan fingerprint density at radius 1 is 1.26 bits per heavy atom. The first kappa shape index (κ1) is 14.0. The van der Waals surface area contributed by atoms with Gasteiger partial charge in [-0.15, -0.1) is 0 Å². The predicted molar refractivity (Wildman–Crippen MR) is 81.3 cm³/mol. The number of H-pyrrole nitrogens is 1. The third kappa shape index (κ3) is 3.32. The first-order valence-corrected chi connectivity index (χ1v) is 7.12. The average Bonchev–Trinajstić information content (AvgIpc) is 2.35. The molecule has 2 aromatic rings. The lowest BCUT2D eigenvalue weighted by molar-refractivity contribution is 0.647. The number of rotatable bonds is 3. The van der Waals surface area contributed by atoms with Crippen molar-refractivity contribution in [2.75, 3.05) is 0 Å². The van der Waals surface area contributed by atoms with Gasteiger partial charge in [-0.05, 0) is 40.8 Å². The molecule has 0 atom stereocenters. The van der Waals surface area contributed by atoms with E-state index in [4.69, 9.17) is 0 Å². The molecule has 0 saturated carbocycles. The third-order valence-corrected chi connectivity index (χ3v) is 3.83. The van der Waals surface area contributed by atoms with Crippen LogP contribution in [0.15, 0.2) is 33.5 Å². The van der Waals surface area contributed by atoms with Crippen molar-refractivity contribution in [2.24, 2.45) is 5.92 Å². The molecule has 1 aromatic carbocycles. The summed E-state index contributed by atoms with van der Waals surface area (Å²) >= 11 is 3.22. The standard InChI is InChI=1S/C15H17BrN2O/c1-9(2)8-11-4-6-12(7-5-11)14-17-10(3)13(16)15(19)18-14/h4-7,9H,8H2,1-3H3,(H,17,18,19). The molecule has 1 aromatic heterocycles. The molecule has 0 spiro atoms. The molecule has 0 saturated heterocycles. The van der Waals surface area contributed by atoms with Gasteiger partial charge in [0.25, 0.3) is 5.56 Å². The highest BCUT2D eigenvalue weighted by molar-refractivity contribution is 9.10. The molecule has 19 heavy (non-hydrogen) atoms. The van der Waals surface area contributed by atoms with Crippen LogP contribution in [0.3, 0.4) is 0 Å². The molecule has 0 aliphatic heterocycles.